The third kappa shape index (κ3) is 3.67. The van der Waals surface area contributed by atoms with Crippen LogP contribution in [0.3, 0.4) is 0 Å². The van der Waals surface area contributed by atoms with Crippen LogP contribution in [0, 0.1) is 0 Å². The lowest BCUT2D eigenvalue weighted by atomic mass is 9.97. The Morgan fingerprint density at radius 3 is 2.41 bits per heavy atom. The van der Waals surface area contributed by atoms with E-state index < -0.39 is 5.97 Å². The Morgan fingerprint density at radius 1 is 1.09 bits per heavy atom. The second-order valence-electron chi connectivity index (χ2n) is 4.56. The van der Waals surface area contributed by atoms with Crippen molar-refractivity contribution >= 4 is 11.5 Å². The van der Waals surface area contributed by atoms with Crippen molar-refractivity contribution in [2.75, 3.05) is 13.7 Å². The lowest BCUT2D eigenvalue weighted by Crippen LogP contribution is -1.98. The van der Waals surface area contributed by atoms with E-state index in [4.69, 9.17) is 14.6 Å². The molecule has 0 saturated carbocycles. The van der Waals surface area contributed by atoms with E-state index in [0.717, 1.165) is 11.1 Å². The van der Waals surface area contributed by atoms with Crippen LogP contribution < -0.4 is 9.47 Å². The first-order valence-corrected chi connectivity index (χ1v) is 6.97. The highest BCUT2D eigenvalue weighted by Crippen LogP contribution is 2.33. The molecule has 2 aromatic rings. The summed E-state index contributed by atoms with van der Waals surface area (Å²) >= 11 is 0. The molecular formula is C18H18O4. The Morgan fingerprint density at radius 2 is 1.82 bits per heavy atom. The predicted molar refractivity (Wildman–Crippen MR) is 85.3 cm³/mol. The van der Waals surface area contributed by atoms with Gasteiger partial charge in [0.15, 0.2) is 11.5 Å². The Bertz CT molecular complexity index is 675. The summed E-state index contributed by atoms with van der Waals surface area (Å²) < 4.78 is 10.8. The molecular weight excluding hydrogens is 280 g/mol. The molecule has 0 aliphatic rings. The number of carboxylic acid groups (broad SMARTS) is 1. The van der Waals surface area contributed by atoms with Gasteiger partial charge in [0.2, 0.25) is 0 Å². The molecule has 0 radical (unpaired) electrons. The molecule has 0 unspecified atom stereocenters. The van der Waals surface area contributed by atoms with Crippen LogP contribution in [0.15, 0.2) is 54.6 Å². The summed E-state index contributed by atoms with van der Waals surface area (Å²) in [6.07, 6.45) is 1.20. The monoisotopic (exact) mass is 298 g/mol. The molecule has 0 saturated heterocycles. The van der Waals surface area contributed by atoms with Crippen LogP contribution >= 0.6 is 0 Å². The number of ether oxygens (including phenoxy) is 2. The van der Waals surface area contributed by atoms with E-state index in [2.05, 4.69) is 0 Å². The van der Waals surface area contributed by atoms with E-state index >= 15 is 0 Å². The number of benzene rings is 2. The van der Waals surface area contributed by atoms with Crippen molar-refractivity contribution in [3.63, 3.8) is 0 Å². The zero-order valence-electron chi connectivity index (χ0n) is 12.6. The maximum Gasteiger partial charge on any atom is 0.328 e. The van der Waals surface area contributed by atoms with Crippen molar-refractivity contribution in [1.29, 1.82) is 0 Å². The summed E-state index contributed by atoms with van der Waals surface area (Å²) in [7, 11) is 1.57. The first-order chi connectivity index (χ1) is 10.7. The quantitative estimate of drug-likeness (QED) is 0.828. The van der Waals surface area contributed by atoms with Crippen molar-refractivity contribution < 1.29 is 19.4 Å². The highest BCUT2D eigenvalue weighted by molar-refractivity contribution is 5.95. The zero-order valence-corrected chi connectivity index (χ0v) is 12.6. The number of rotatable bonds is 6. The van der Waals surface area contributed by atoms with Crippen LogP contribution in [0.2, 0.25) is 0 Å². The number of carbonyl (C=O) groups is 1. The minimum atomic E-state index is -0.993. The van der Waals surface area contributed by atoms with Crippen LogP contribution in [-0.4, -0.2) is 24.8 Å². The molecule has 0 atom stereocenters. The maximum atomic E-state index is 11.2. The fourth-order valence-corrected chi connectivity index (χ4v) is 2.19. The predicted octanol–water partition coefficient (Wildman–Crippen LogP) is 3.61. The van der Waals surface area contributed by atoms with E-state index in [1.54, 1.807) is 19.2 Å². The molecule has 0 aromatic heterocycles. The highest BCUT2D eigenvalue weighted by atomic mass is 16.5. The van der Waals surface area contributed by atoms with Crippen LogP contribution in [0.25, 0.3) is 5.57 Å². The van der Waals surface area contributed by atoms with Crippen LogP contribution in [0.1, 0.15) is 18.1 Å². The molecule has 2 rings (SSSR count). The Hall–Kier alpha value is -2.75. The van der Waals surface area contributed by atoms with Gasteiger partial charge in [-0.1, -0.05) is 36.4 Å². The average molecular weight is 298 g/mol. The van der Waals surface area contributed by atoms with Gasteiger partial charge in [-0.25, -0.2) is 4.79 Å². The molecule has 2 aromatic carbocycles. The summed E-state index contributed by atoms with van der Waals surface area (Å²) in [5, 5.41) is 9.15. The molecule has 0 bridgehead atoms. The third-order valence-electron chi connectivity index (χ3n) is 3.13. The SMILES string of the molecule is CCOc1cc(/C(=C/C(=O)O)c2ccccc2)ccc1OC. The van der Waals surface area contributed by atoms with E-state index in [0.29, 0.717) is 23.7 Å². The second kappa shape index (κ2) is 7.31. The van der Waals surface area contributed by atoms with Crippen LogP contribution in [-0.2, 0) is 4.79 Å². The Labute approximate surface area is 129 Å². The molecule has 0 spiro atoms. The molecule has 1 N–H and O–H groups in total. The minimum Gasteiger partial charge on any atom is -0.493 e. The number of aliphatic carboxylic acids is 1. The second-order valence-corrected chi connectivity index (χ2v) is 4.56. The van der Waals surface area contributed by atoms with Gasteiger partial charge in [0, 0.05) is 6.08 Å². The first-order valence-electron chi connectivity index (χ1n) is 6.97. The van der Waals surface area contributed by atoms with E-state index in [1.807, 2.05) is 43.3 Å². The number of hydrogen-bond donors (Lipinski definition) is 1. The van der Waals surface area contributed by atoms with Crippen molar-refractivity contribution in [2.45, 2.75) is 6.92 Å². The van der Waals surface area contributed by atoms with Crippen LogP contribution in [0.4, 0.5) is 0 Å². The molecule has 0 aliphatic heterocycles. The van der Waals surface area contributed by atoms with Gasteiger partial charge in [-0.2, -0.15) is 0 Å². The van der Waals surface area contributed by atoms with Crippen molar-refractivity contribution in [3.8, 4) is 11.5 Å². The number of hydrogen-bond acceptors (Lipinski definition) is 3. The summed E-state index contributed by atoms with van der Waals surface area (Å²) in [6, 6.07) is 14.8. The molecule has 4 nitrogen and oxygen atoms in total. The normalized spacial score (nSPS) is 11.1. The van der Waals surface area contributed by atoms with Gasteiger partial charge < -0.3 is 14.6 Å². The fraction of sp³-hybridized carbons (Fsp3) is 0.167. The summed E-state index contributed by atoms with van der Waals surface area (Å²) in [6.45, 7) is 2.39. The number of methoxy groups -OCH3 is 1. The molecule has 0 amide bonds. The average Bonchev–Trinajstić information content (AvgIpc) is 2.53. The van der Waals surface area contributed by atoms with E-state index in [1.165, 1.54) is 6.08 Å². The molecule has 114 valence electrons. The highest BCUT2D eigenvalue weighted by Gasteiger charge is 2.11. The lowest BCUT2D eigenvalue weighted by Gasteiger charge is -2.13. The number of carboxylic acids is 1. The fourth-order valence-electron chi connectivity index (χ4n) is 2.19. The Balaban J connectivity index is 2.53. The van der Waals surface area contributed by atoms with Crippen molar-refractivity contribution in [1.82, 2.24) is 0 Å². The molecule has 0 heterocycles. The van der Waals surface area contributed by atoms with Gasteiger partial charge in [0.1, 0.15) is 0 Å². The van der Waals surface area contributed by atoms with Crippen molar-refractivity contribution in [3.05, 3.63) is 65.7 Å². The molecule has 4 heteroatoms. The van der Waals surface area contributed by atoms with Crippen LogP contribution in [0.5, 0.6) is 11.5 Å². The van der Waals surface area contributed by atoms with Gasteiger partial charge in [0.05, 0.1) is 13.7 Å². The maximum absolute atomic E-state index is 11.2. The molecule has 0 fully saturated rings. The smallest absolute Gasteiger partial charge is 0.328 e. The third-order valence-corrected chi connectivity index (χ3v) is 3.13. The van der Waals surface area contributed by atoms with Gasteiger partial charge in [-0.15, -0.1) is 0 Å². The molecule has 22 heavy (non-hydrogen) atoms. The summed E-state index contributed by atoms with van der Waals surface area (Å²) in [4.78, 5) is 11.2. The lowest BCUT2D eigenvalue weighted by molar-refractivity contribution is -0.131. The van der Waals surface area contributed by atoms with Gasteiger partial charge in [0.25, 0.3) is 0 Å². The van der Waals surface area contributed by atoms with Crippen molar-refractivity contribution in [2.24, 2.45) is 0 Å². The topological polar surface area (TPSA) is 55.8 Å². The Kier molecular flexibility index (Phi) is 5.20. The first kappa shape index (κ1) is 15.6. The molecule has 0 aliphatic carbocycles. The van der Waals surface area contributed by atoms with E-state index in [-0.39, 0.29) is 0 Å². The van der Waals surface area contributed by atoms with Gasteiger partial charge in [-0.3, -0.25) is 0 Å². The van der Waals surface area contributed by atoms with E-state index in [9.17, 15) is 4.79 Å². The summed E-state index contributed by atoms with van der Waals surface area (Å²) in [5.41, 5.74) is 2.21. The zero-order chi connectivity index (χ0) is 15.9. The largest absolute Gasteiger partial charge is 0.493 e. The van der Waals surface area contributed by atoms with Gasteiger partial charge in [-0.05, 0) is 35.8 Å². The standard InChI is InChI=1S/C18H18O4/c1-3-22-17-11-14(9-10-16(17)21-2)15(12-18(19)20)13-7-5-4-6-8-13/h4-12H,3H2,1-2H3,(H,19,20)/b15-12+. The van der Waals surface area contributed by atoms with Gasteiger partial charge >= 0.3 is 5.97 Å². The summed E-state index contributed by atoms with van der Waals surface area (Å²) in [5.74, 6) is 0.218. The minimum absolute atomic E-state index is 0.503.